The van der Waals surface area contributed by atoms with Gasteiger partial charge in [0, 0.05) is 6.54 Å². The van der Waals surface area contributed by atoms with Crippen LogP contribution in [-0.2, 0) is 4.79 Å². The van der Waals surface area contributed by atoms with E-state index in [-0.39, 0.29) is 24.5 Å². The number of hydrogen-bond donors (Lipinski definition) is 3. The topological polar surface area (TPSA) is 88.4 Å². The average molecular weight is 324 g/mol. The summed E-state index contributed by atoms with van der Waals surface area (Å²) in [4.78, 5) is 14.3. The van der Waals surface area contributed by atoms with Gasteiger partial charge in [0.25, 0.3) is 0 Å². The van der Waals surface area contributed by atoms with Crippen molar-refractivity contribution in [3.63, 3.8) is 0 Å². The third-order valence-corrected chi connectivity index (χ3v) is 4.73. The Kier molecular flexibility index (Phi) is 7.97. The minimum Gasteiger partial charge on any atom is -0.392 e. The Balaban J connectivity index is 2.23. The SMILES string of the molecule is CC(C)[C@@](C)(C#N)NC(=O)CNCC1CCN(C[C@H](C)O)CC1. The van der Waals surface area contributed by atoms with Crippen molar-refractivity contribution in [2.24, 2.45) is 11.8 Å². The van der Waals surface area contributed by atoms with Crippen molar-refractivity contribution in [1.82, 2.24) is 15.5 Å². The molecule has 0 saturated carbocycles. The summed E-state index contributed by atoms with van der Waals surface area (Å²) in [5, 5.41) is 24.6. The van der Waals surface area contributed by atoms with Crippen molar-refractivity contribution >= 4 is 5.91 Å². The number of piperidine rings is 1. The molecule has 0 aromatic rings. The Morgan fingerprint density at radius 3 is 2.48 bits per heavy atom. The zero-order valence-electron chi connectivity index (χ0n) is 14.9. The highest BCUT2D eigenvalue weighted by atomic mass is 16.3. The molecule has 23 heavy (non-hydrogen) atoms. The smallest absolute Gasteiger partial charge is 0.235 e. The van der Waals surface area contributed by atoms with Gasteiger partial charge in [-0.2, -0.15) is 5.26 Å². The van der Waals surface area contributed by atoms with E-state index < -0.39 is 5.54 Å². The second-order valence-electron chi connectivity index (χ2n) is 7.24. The molecule has 1 rings (SSSR count). The maximum Gasteiger partial charge on any atom is 0.235 e. The van der Waals surface area contributed by atoms with Crippen LogP contribution in [0.3, 0.4) is 0 Å². The molecule has 0 radical (unpaired) electrons. The zero-order chi connectivity index (χ0) is 17.5. The quantitative estimate of drug-likeness (QED) is 0.612. The highest BCUT2D eigenvalue weighted by molar-refractivity contribution is 5.79. The summed E-state index contributed by atoms with van der Waals surface area (Å²) < 4.78 is 0. The summed E-state index contributed by atoms with van der Waals surface area (Å²) >= 11 is 0. The van der Waals surface area contributed by atoms with Gasteiger partial charge in [0.15, 0.2) is 0 Å². The van der Waals surface area contributed by atoms with Crippen LogP contribution in [-0.4, -0.2) is 60.3 Å². The monoisotopic (exact) mass is 324 g/mol. The number of aliphatic hydroxyl groups excluding tert-OH is 1. The second kappa shape index (κ2) is 9.21. The molecule has 1 heterocycles. The number of nitriles is 1. The molecule has 2 atom stereocenters. The third-order valence-electron chi connectivity index (χ3n) is 4.73. The summed E-state index contributed by atoms with van der Waals surface area (Å²) in [6, 6.07) is 2.18. The van der Waals surface area contributed by atoms with Gasteiger partial charge in [-0.3, -0.25) is 4.79 Å². The van der Waals surface area contributed by atoms with E-state index in [1.54, 1.807) is 6.92 Å². The Bertz CT molecular complexity index is 411. The average Bonchev–Trinajstić information content (AvgIpc) is 2.48. The molecule has 0 spiro atoms. The Morgan fingerprint density at radius 1 is 1.39 bits per heavy atom. The molecule has 1 fully saturated rings. The van der Waals surface area contributed by atoms with E-state index in [1.807, 2.05) is 20.8 Å². The molecule has 0 unspecified atom stereocenters. The highest BCUT2D eigenvalue weighted by Crippen LogP contribution is 2.17. The zero-order valence-corrected chi connectivity index (χ0v) is 14.9. The lowest BCUT2D eigenvalue weighted by Crippen LogP contribution is -2.51. The summed E-state index contributed by atoms with van der Waals surface area (Å²) in [5.41, 5.74) is -0.814. The molecular formula is C17H32N4O2. The Hall–Kier alpha value is -1.16. The molecule has 6 heteroatoms. The Labute approximate surface area is 140 Å². The van der Waals surface area contributed by atoms with Crippen molar-refractivity contribution in [2.45, 2.75) is 52.2 Å². The number of hydrogen-bond acceptors (Lipinski definition) is 5. The molecular weight excluding hydrogens is 292 g/mol. The lowest BCUT2D eigenvalue weighted by molar-refractivity contribution is -0.121. The van der Waals surface area contributed by atoms with E-state index in [0.29, 0.717) is 5.92 Å². The first-order chi connectivity index (χ1) is 10.8. The van der Waals surface area contributed by atoms with Gasteiger partial charge in [-0.05, 0) is 58.2 Å². The number of β-amino-alcohol motifs (C(OH)–C–C–N with tert-alkyl or cyclic N) is 1. The van der Waals surface area contributed by atoms with Gasteiger partial charge in [0.2, 0.25) is 5.91 Å². The summed E-state index contributed by atoms with van der Waals surface area (Å²) in [5.74, 6) is 0.504. The summed E-state index contributed by atoms with van der Waals surface area (Å²) in [6.45, 7) is 11.2. The number of nitrogens with zero attached hydrogens (tertiary/aromatic N) is 2. The first-order valence-corrected chi connectivity index (χ1v) is 8.60. The first-order valence-electron chi connectivity index (χ1n) is 8.60. The fourth-order valence-corrected chi connectivity index (χ4v) is 2.77. The maximum absolute atomic E-state index is 12.0. The molecule has 0 aliphatic carbocycles. The number of aliphatic hydroxyl groups is 1. The van der Waals surface area contributed by atoms with E-state index >= 15 is 0 Å². The second-order valence-corrected chi connectivity index (χ2v) is 7.24. The Morgan fingerprint density at radius 2 is 2.00 bits per heavy atom. The van der Waals surface area contributed by atoms with E-state index in [4.69, 9.17) is 0 Å². The largest absolute Gasteiger partial charge is 0.392 e. The number of rotatable bonds is 8. The molecule has 132 valence electrons. The highest BCUT2D eigenvalue weighted by Gasteiger charge is 2.29. The van der Waals surface area contributed by atoms with Crippen molar-refractivity contribution in [3.8, 4) is 6.07 Å². The predicted octanol–water partition coefficient (Wildman–Crippen LogP) is 0.723. The normalized spacial score (nSPS) is 20.7. The van der Waals surface area contributed by atoms with E-state index in [2.05, 4.69) is 21.6 Å². The molecule has 0 aromatic heterocycles. The third kappa shape index (κ3) is 6.86. The van der Waals surface area contributed by atoms with Gasteiger partial charge in [0.05, 0.1) is 18.7 Å². The van der Waals surface area contributed by atoms with Crippen LogP contribution in [0.4, 0.5) is 0 Å². The molecule has 3 N–H and O–H groups in total. The molecule has 0 bridgehead atoms. The van der Waals surface area contributed by atoms with Crippen LogP contribution >= 0.6 is 0 Å². The fraction of sp³-hybridized carbons (Fsp3) is 0.882. The minimum atomic E-state index is -0.814. The predicted molar refractivity (Wildman–Crippen MR) is 90.7 cm³/mol. The molecule has 1 saturated heterocycles. The van der Waals surface area contributed by atoms with Crippen molar-refractivity contribution in [2.75, 3.05) is 32.7 Å². The molecule has 1 aliphatic rings. The van der Waals surface area contributed by atoms with Crippen LogP contribution in [0.25, 0.3) is 0 Å². The first kappa shape index (κ1) is 19.9. The van der Waals surface area contributed by atoms with Crippen LogP contribution in [0.2, 0.25) is 0 Å². The standard InChI is InChI=1S/C17H32N4O2/c1-13(2)17(4,12-18)20-16(23)10-19-9-15-5-7-21(8-6-15)11-14(3)22/h13-15,19,22H,5-11H2,1-4H3,(H,20,23)/t14-,17+/m0/s1. The number of nitrogens with one attached hydrogen (secondary N) is 2. The maximum atomic E-state index is 12.0. The van der Waals surface area contributed by atoms with Crippen molar-refractivity contribution in [3.05, 3.63) is 0 Å². The van der Waals surface area contributed by atoms with E-state index in [1.165, 1.54) is 0 Å². The van der Waals surface area contributed by atoms with Gasteiger partial charge < -0.3 is 20.6 Å². The van der Waals surface area contributed by atoms with E-state index in [9.17, 15) is 15.2 Å². The van der Waals surface area contributed by atoms with Crippen molar-refractivity contribution < 1.29 is 9.90 Å². The van der Waals surface area contributed by atoms with Gasteiger partial charge in [-0.25, -0.2) is 0 Å². The van der Waals surface area contributed by atoms with Crippen molar-refractivity contribution in [1.29, 1.82) is 5.26 Å². The molecule has 1 amide bonds. The number of carbonyl (C=O) groups is 1. The van der Waals surface area contributed by atoms with E-state index in [0.717, 1.165) is 39.0 Å². The van der Waals surface area contributed by atoms with Crippen LogP contribution < -0.4 is 10.6 Å². The number of likely N-dealkylation sites (tertiary alicyclic amines) is 1. The van der Waals surface area contributed by atoms with Gasteiger partial charge in [0.1, 0.15) is 5.54 Å². The molecule has 1 aliphatic heterocycles. The lowest BCUT2D eigenvalue weighted by atomic mass is 9.90. The summed E-state index contributed by atoms with van der Waals surface area (Å²) in [6.07, 6.45) is 1.90. The van der Waals surface area contributed by atoms with Crippen LogP contribution in [0.15, 0.2) is 0 Å². The van der Waals surface area contributed by atoms with Gasteiger partial charge in [-0.15, -0.1) is 0 Å². The molecule has 0 aromatic carbocycles. The van der Waals surface area contributed by atoms with Gasteiger partial charge in [-0.1, -0.05) is 13.8 Å². The van der Waals surface area contributed by atoms with Crippen LogP contribution in [0, 0.1) is 23.2 Å². The van der Waals surface area contributed by atoms with Gasteiger partial charge >= 0.3 is 0 Å². The number of carbonyl (C=O) groups excluding carboxylic acids is 1. The minimum absolute atomic E-state index is 0.0645. The fourth-order valence-electron chi connectivity index (χ4n) is 2.77. The summed E-state index contributed by atoms with van der Waals surface area (Å²) in [7, 11) is 0. The van der Waals surface area contributed by atoms with Crippen LogP contribution in [0.1, 0.15) is 40.5 Å². The lowest BCUT2D eigenvalue weighted by Gasteiger charge is -2.32. The molecule has 6 nitrogen and oxygen atoms in total. The van der Waals surface area contributed by atoms with Crippen LogP contribution in [0.5, 0.6) is 0 Å². The number of amides is 1.